The van der Waals surface area contributed by atoms with Gasteiger partial charge in [0.1, 0.15) is 6.33 Å². The molecule has 0 saturated carbocycles. The zero-order valence-electron chi connectivity index (χ0n) is 15.0. The summed E-state index contributed by atoms with van der Waals surface area (Å²) in [4.78, 5) is 35.6. The van der Waals surface area contributed by atoms with Crippen LogP contribution in [0.5, 0.6) is 0 Å². The number of rotatable bonds is 5. The van der Waals surface area contributed by atoms with Crippen LogP contribution in [0.3, 0.4) is 0 Å². The van der Waals surface area contributed by atoms with Crippen LogP contribution in [-0.2, 0) is 0 Å². The fourth-order valence-electron chi connectivity index (χ4n) is 3.02. The molecule has 0 aliphatic carbocycles. The Bertz CT molecular complexity index is 1240. The van der Waals surface area contributed by atoms with E-state index in [0.717, 1.165) is 11.1 Å². The molecule has 4 rings (SSSR count). The summed E-state index contributed by atoms with van der Waals surface area (Å²) in [6, 6.07) is 11.8. The van der Waals surface area contributed by atoms with E-state index in [1.807, 2.05) is 18.2 Å². The maximum atomic E-state index is 12.0. The van der Waals surface area contributed by atoms with Crippen LogP contribution < -0.4 is 11.1 Å². The van der Waals surface area contributed by atoms with E-state index in [1.165, 1.54) is 24.7 Å². The number of carboxylic acids is 1. The van der Waals surface area contributed by atoms with Crippen LogP contribution >= 0.6 is 0 Å². The van der Waals surface area contributed by atoms with Gasteiger partial charge in [-0.05, 0) is 29.8 Å². The van der Waals surface area contributed by atoms with Crippen molar-refractivity contribution in [3.05, 3.63) is 78.5 Å². The van der Waals surface area contributed by atoms with Crippen LogP contribution in [0.25, 0.3) is 22.0 Å². The molecule has 0 fully saturated rings. The number of carbonyl (C=O) groups is 2. The van der Waals surface area contributed by atoms with E-state index in [0.29, 0.717) is 22.3 Å². The number of primary amides is 1. The molecule has 142 valence electrons. The quantitative estimate of drug-likeness (QED) is 0.480. The Morgan fingerprint density at radius 3 is 2.48 bits per heavy atom. The third-order valence-corrected chi connectivity index (χ3v) is 4.41. The number of aromatic nitrogens is 3. The Labute approximate surface area is 165 Å². The lowest BCUT2D eigenvalue weighted by molar-refractivity contribution is 0.0696. The van der Waals surface area contributed by atoms with Crippen LogP contribution in [0, 0.1) is 0 Å². The molecule has 2 aromatic heterocycles. The summed E-state index contributed by atoms with van der Waals surface area (Å²) in [5, 5.41) is 13.0. The van der Waals surface area contributed by atoms with Crippen molar-refractivity contribution in [2.75, 3.05) is 5.32 Å². The van der Waals surface area contributed by atoms with E-state index in [4.69, 9.17) is 5.73 Å². The van der Waals surface area contributed by atoms with E-state index in [9.17, 15) is 14.7 Å². The first-order valence-electron chi connectivity index (χ1n) is 8.61. The van der Waals surface area contributed by atoms with Crippen molar-refractivity contribution in [1.29, 1.82) is 0 Å². The van der Waals surface area contributed by atoms with Crippen LogP contribution in [-0.4, -0.2) is 31.9 Å². The number of nitrogens with two attached hydrogens (primary N) is 1. The number of hydrogen-bond acceptors (Lipinski definition) is 6. The van der Waals surface area contributed by atoms with Gasteiger partial charge in [-0.1, -0.05) is 18.2 Å². The van der Waals surface area contributed by atoms with Crippen LogP contribution in [0.4, 0.5) is 11.4 Å². The minimum atomic E-state index is -1.04. The number of hydrogen-bond donors (Lipinski definition) is 3. The maximum absolute atomic E-state index is 12.0. The van der Waals surface area contributed by atoms with Crippen LogP contribution in [0.15, 0.2) is 67.4 Å². The topological polar surface area (TPSA) is 131 Å². The summed E-state index contributed by atoms with van der Waals surface area (Å²) >= 11 is 0. The molecule has 0 bridgehead atoms. The van der Waals surface area contributed by atoms with Gasteiger partial charge < -0.3 is 16.2 Å². The van der Waals surface area contributed by atoms with Gasteiger partial charge in [-0.15, -0.1) is 0 Å². The molecular weight excluding hydrogens is 370 g/mol. The minimum Gasteiger partial charge on any atom is -0.478 e. The minimum absolute atomic E-state index is 0.125. The van der Waals surface area contributed by atoms with Gasteiger partial charge in [0.25, 0.3) is 5.91 Å². The number of carboxylic acid groups (broad SMARTS) is 1. The van der Waals surface area contributed by atoms with Gasteiger partial charge in [0, 0.05) is 35.2 Å². The maximum Gasteiger partial charge on any atom is 0.335 e. The first-order chi connectivity index (χ1) is 14.0. The lowest BCUT2D eigenvalue weighted by Crippen LogP contribution is -2.14. The lowest BCUT2D eigenvalue weighted by atomic mass is 10.0. The average Bonchev–Trinajstić information content (AvgIpc) is 2.74. The molecule has 29 heavy (non-hydrogen) atoms. The largest absolute Gasteiger partial charge is 0.478 e. The highest BCUT2D eigenvalue weighted by Gasteiger charge is 2.15. The zero-order chi connectivity index (χ0) is 20.4. The van der Waals surface area contributed by atoms with Gasteiger partial charge in [-0.3, -0.25) is 9.78 Å². The molecule has 8 heteroatoms. The Hall–Kier alpha value is -4.33. The highest BCUT2D eigenvalue weighted by Crippen LogP contribution is 2.32. The lowest BCUT2D eigenvalue weighted by Gasteiger charge is -2.14. The predicted molar refractivity (Wildman–Crippen MR) is 108 cm³/mol. The standard InChI is InChI=1S/C21H15N5O3/c22-20(27)17-10-25-18-7-12(14-8-23-11-24-9-14)4-5-16(18)19(17)26-15-3-1-2-13(6-15)21(28)29/h1-11H,(H2,22,27)(H,25,26)(H,28,29). The molecule has 0 unspecified atom stereocenters. The predicted octanol–water partition coefficient (Wildman–Crippen LogP) is 3.23. The van der Waals surface area contributed by atoms with Gasteiger partial charge in [0.15, 0.2) is 0 Å². The van der Waals surface area contributed by atoms with Gasteiger partial charge in [0.2, 0.25) is 0 Å². The fourth-order valence-corrected chi connectivity index (χ4v) is 3.02. The summed E-state index contributed by atoms with van der Waals surface area (Å²) in [7, 11) is 0. The van der Waals surface area contributed by atoms with Crippen molar-refractivity contribution in [2.45, 2.75) is 0 Å². The number of pyridine rings is 1. The Balaban J connectivity index is 1.84. The number of anilines is 2. The van der Waals surface area contributed by atoms with E-state index >= 15 is 0 Å². The van der Waals surface area contributed by atoms with Crippen molar-refractivity contribution in [3.8, 4) is 11.1 Å². The molecule has 0 saturated heterocycles. The molecular formula is C21H15N5O3. The first kappa shape index (κ1) is 18.1. The molecule has 2 heterocycles. The summed E-state index contributed by atoms with van der Waals surface area (Å²) in [5.74, 6) is -1.69. The van der Waals surface area contributed by atoms with Crippen molar-refractivity contribution in [1.82, 2.24) is 15.0 Å². The van der Waals surface area contributed by atoms with Crippen molar-refractivity contribution in [2.24, 2.45) is 5.73 Å². The molecule has 1 amide bonds. The van der Waals surface area contributed by atoms with Crippen LogP contribution in [0.1, 0.15) is 20.7 Å². The second-order valence-electron chi connectivity index (χ2n) is 6.28. The van der Waals surface area contributed by atoms with Crippen molar-refractivity contribution in [3.63, 3.8) is 0 Å². The number of nitrogens with zero attached hydrogens (tertiary/aromatic N) is 3. The Morgan fingerprint density at radius 2 is 1.76 bits per heavy atom. The summed E-state index contributed by atoms with van der Waals surface area (Å²) < 4.78 is 0. The molecule has 8 nitrogen and oxygen atoms in total. The zero-order valence-corrected chi connectivity index (χ0v) is 15.0. The Kier molecular flexibility index (Phi) is 4.58. The molecule has 4 N–H and O–H groups in total. The van der Waals surface area contributed by atoms with Gasteiger partial charge >= 0.3 is 5.97 Å². The molecule has 0 atom stereocenters. The smallest absolute Gasteiger partial charge is 0.335 e. The van der Waals surface area contributed by atoms with Crippen molar-refractivity contribution < 1.29 is 14.7 Å². The SMILES string of the molecule is NC(=O)c1cnc2cc(-c3cncnc3)ccc2c1Nc1cccc(C(=O)O)c1. The second kappa shape index (κ2) is 7.35. The average molecular weight is 385 g/mol. The molecule has 0 aliphatic heterocycles. The summed E-state index contributed by atoms with van der Waals surface area (Å²) in [6.45, 7) is 0. The monoisotopic (exact) mass is 385 g/mol. The van der Waals surface area contributed by atoms with E-state index < -0.39 is 11.9 Å². The van der Waals surface area contributed by atoms with Crippen molar-refractivity contribution >= 4 is 34.2 Å². The molecule has 0 radical (unpaired) electrons. The number of amides is 1. The molecule has 0 spiro atoms. The highest BCUT2D eigenvalue weighted by atomic mass is 16.4. The number of aromatic carboxylic acids is 1. The molecule has 2 aromatic carbocycles. The fraction of sp³-hybridized carbons (Fsp3) is 0. The summed E-state index contributed by atoms with van der Waals surface area (Å²) in [5.41, 5.74) is 9.17. The van der Waals surface area contributed by atoms with E-state index in [-0.39, 0.29) is 11.1 Å². The second-order valence-corrected chi connectivity index (χ2v) is 6.28. The molecule has 0 aliphatic rings. The number of carbonyl (C=O) groups excluding carboxylic acids is 1. The first-order valence-corrected chi connectivity index (χ1v) is 8.61. The summed E-state index contributed by atoms with van der Waals surface area (Å²) in [6.07, 6.45) is 6.25. The number of nitrogens with one attached hydrogen (secondary N) is 1. The number of benzene rings is 2. The van der Waals surface area contributed by atoms with Gasteiger partial charge in [-0.2, -0.15) is 0 Å². The van der Waals surface area contributed by atoms with E-state index in [2.05, 4.69) is 20.3 Å². The highest BCUT2D eigenvalue weighted by molar-refractivity contribution is 6.08. The molecule has 4 aromatic rings. The number of fused-ring (bicyclic) bond motifs is 1. The van der Waals surface area contributed by atoms with Gasteiger partial charge in [0.05, 0.1) is 22.3 Å². The van der Waals surface area contributed by atoms with Gasteiger partial charge in [-0.25, -0.2) is 14.8 Å². The van der Waals surface area contributed by atoms with Crippen LogP contribution in [0.2, 0.25) is 0 Å². The van der Waals surface area contributed by atoms with E-state index in [1.54, 1.807) is 24.5 Å². The third-order valence-electron chi connectivity index (χ3n) is 4.41. The normalized spacial score (nSPS) is 10.6. The third kappa shape index (κ3) is 3.59. The Morgan fingerprint density at radius 1 is 0.966 bits per heavy atom.